The van der Waals surface area contributed by atoms with E-state index < -0.39 is 11.5 Å². The molecular weight excluding hydrogens is 384 g/mol. The maximum Gasteiger partial charge on any atom is 0.264 e. The molecule has 1 saturated heterocycles. The highest BCUT2D eigenvalue weighted by Crippen LogP contribution is 2.44. The molecule has 0 unspecified atom stereocenters. The minimum atomic E-state index is -0.563. The van der Waals surface area contributed by atoms with Crippen LogP contribution in [-0.2, 0) is 6.42 Å². The van der Waals surface area contributed by atoms with Crippen molar-refractivity contribution in [3.05, 3.63) is 39.8 Å². The fourth-order valence-corrected chi connectivity index (χ4v) is 4.00. The lowest BCUT2D eigenvalue weighted by Crippen LogP contribution is -2.38. The first-order valence-electron chi connectivity index (χ1n) is 10.5. The smallest absolute Gasteiger partial charge is 0.264 e. The van der Waals surface area contributed by atoms with Crippen LogP contribution in [0.4, 0.5) is 0 Å². The molecule has 162 valence electrons. The summed E-state index contributed by atoms with van der Waals surface area (Å²) in [6.07, 6.45) is 5.14. The molecule has 1 fully saturated rings. The van der Waals surface area contributed by atoms with Crippen molar-refractivity contribution in [2.24, 2.45) is 0 Å². The monoisotopic (exact) mass is 414 g/mol. The minimum Gasteiger partial charge on any atom is -0.506 e. The van der Waals surface area contributed by atoms with E-state index in [0.717, 1.165) is 32.1 Å². The zero-order valence-corrected chi connectivity index (χ0v) is 17.9. The van der Waals surface area contributed by atoms with E-state index in [2.05, 4.69) is 11.9 Å². The number of pyridine rings is 1. The number of nitrogens with zero attached hydrogens (tertiary/aromatic N) is 1. The first kappa shape index (κ1) is 21.7. The summed E-state index contributed by atoms with van der Waals surface area (Å²) >= 11 is 0. The average molecular weight is 415 g/mol. The number of carbonyl (C=O) groups is 1. The van der Waals surface area contributed by atoms with Crippen LogP contribution in [0.3, 0.4) is 0 Å². The molecule has 1 aromatic carbocycles. The van der Waals surface area contributed by atoms with Gasteiger partial charge in [0.25, 0.3) is 11.5 Å². The third kappa shape index (κ3) is 4.15. The zero-order valence-electron chi connectivity index (χ0n) is 17.9. The van der Waals surface area contributed by atoms with Gasteiger partial charge in [-0.2, -0.15) is 0 Å². The SMILES string of the molecule is CCCCc1[nH]c(=O)c(C(=O)N2CCCCC2)c(O)c1-c1c(OC)cccc1OC. The predicted molar refractivity (Wildman–Crippen MR) is 116 cm³/mol. The number of piperidine rings is 1. The number of unbranched alkanes of at least 4 members (excludes halogenated alkanes) is 1. The summed E-state index contributed by atoms with van der Waals surface area (Å²) < 4.78 is 11.1. The molecule has 1 aromatic heterocycles. The van der Waals surface area contributed by atoms with E-state index in [1.165, 1.54) is 14.2 Å². The quantitative estimate of drug-likeness (QED) is 0.720. The average Bonchev–Trinajstić information content (AvgIpc) is 2.77. The van der Waals surface area contributed by atoms with Gasteiger partial charge in [-0.3, -0.25) is 9.59 Å². The lowest BCUT2D eigenvalue weighted by Gasteiger charge is -2.27. The van der Waals surface area contributed by atoms with Crippen LogP contribution in [0.15, 0.2) is 23.0 Å². The molecule has 0 atom stereocenters. The molecule has 7 nitrogen and oxygen atoms in total. The van der Waals surface area contributed by atoms with Crippen molar-refractivity contribution < 1.29 is 19.4 Å². The largest absolute Gasteiger partial charge is 0.506 e. The van der Waals surface area contributed by atoms with Crippen LogP contribution in [0, 0.1) is 0 Å². The van der Waals surface area contributed by atoms with E-state index in [4.69, 9.17) is 9.47 Å². The maximum absolute atomic E-state index is 13.1. The number of H-pyrrole nitrogens is 1. The van der Waals surface area contributed by atoms with Gasteiger partial charge in [-0.05, 0) is 44.2 Å². The number of rotatable bonds is 7. The number of hydrogen-bond donors (Lipinski definition) is 2. The Morgan fingerprint density at radius 1 is 1.10 bits per heavy atom. The van der Waals surface area contributed by atoms with E-state index >= 15 is 0 Å². The van der Waals surface area contributed by atoms with Gasteiger partial charge in [0.15, 0.2) is 0 Å². The molecule has 2 aromatic rings. The maximum atomic E-state index is 13.1. The predicted octanol–water partition coefficient (Wildman–Crippen LogP) is 3.73. The number of carbonyl (C=O) groups excluding carboxylic acids is 1. The van der Waals surface area contributed by atoms with Crippen LogP contribution < -0.4 is 15.0 Å². The second-order valence-electron chi connectivity index (χ2n) is 7.53. The molecule has 1 aliphatic heterocycles. The number of aryl methyl sites for hydroxylation is 1. The molecule has 2 heterocycles. The molecule has 30 heavy (non-hydrogen) atoms. The fraction of sp³-hybridized carbons (Fsp3) is 0.478. The number of methoxy groups -OCH3 is 2. The van der Waals surface area contributed by atoms with Crippen molar-refractivity contribution in [1.82, 2.24) is 9.88 Å². The number of nitrogens with one attached hydrogen (secondary N) is 1. The molecule has 3 rings (SSSR count). The molecule has 0 radical (unpaired) electrons. The Kier molecular flexibility index (Phi) is 7.03. The van der Waals surface area contributed by atoms with Gasteiger partial charge in [-0.15, -0.1) is 0 Å². The molecule has 7 heteroatoms. The van der Waals surface area contributed by atoms with Crippen LogP contribution in [-0.4, -0.2) is 48.2 Å². The van der Waals surface area contributed by atoms with Crippen molar-refractivity contribution in [3.63, 3.8) is 0 Å². The molecule has 0 bridgehead atoms. The summed E-state index contributed by atoms with van der Waals surface area (Å²) in [5, 5.41) is 11.3. The molecular formula is C23H30N2O5. The molecule has 1 amide bonds. The van der Waals surface area contributed by atoms with Gasteiger partial charge in [-0.25, -0.2) is 0 Å². The second-order valence-corrected chi connectivity index (χ2v) is 7.53. The minimum absolute atomic E-state index is 0.222. The first-order chi connectivity index (χ1) is 14.5. The third-order valence-corrected chi connectivity index (χ3v) is 5.58. The highest BCUT2D eigenvalue weighted by atomic mass is 16.5. The van der Waals surface area contributed by atoms with Crippen LogP contribution in [0.5, 0.6) is 17.2 Å². The van der Waals surface area contributed by atoms with Gasteiger partial charge >= 0.3 is 0 Å². The van der Waals surface area contributed by atoms with Gasteiger partial charge in [0.05, 0.1) is 25.3 Å². The van der Waals surface area contributed by atoms with Gasteiger partial charge in [-0.1, -0.05) is 19.4 Å². The lowest BCUT2D eigenvalue weighted by molar-refractivity contribution is 0.0719. The Morgan fingerprint density at radius 3 is 2.30 bits per heavy atom. The van der Waals surface area contributed by atoms with Crippen LogP contribution >= 0.6 is 0 Å². The number of aromatic amines is 1. The van der Waals surface area contributed by atoms with E-state index in [-0.39, 0.29) is 11.3 Å². The number of aromatic hydroxyl groups is 1. The van der Waals surface area contributed by atoms with Crippen molar-refractivity contribution in [3.8, 4) is 28.4 Å². The summed E-state index contributed by atoms with van der Waals surface area (Å²) in [5.74, 6) is 0.227. The van der Waals surface area contributed by atoms with E-state index in [1.807, 2.05) is 0 Å². The zero-order chi connectivity index (χ0) is 21.7. The fourth-order valence-electron chi connectivity index (χ4n) is 4.00. The Morgan fingerprint density at radius 2 is 1.73 bits per heavy atom. The summed E-state index contributed by atoms with van der Waals surface area (Å²) in [6, 6.07) is 5.31. The van der Waals surface area contributed by atoms with Crippen LogP contribution in [0.2, 0.25) is 0 Å². The van der Waals surface area contributed by atoms with Gasteiger partial charge in [0, 0.05) is 18.8 Å². The molecule has 0 saturated carbocycles. The highest BCUT2D eigenvalue weighted by molar-refractivity contribution is 6.00. The van der Waals surface area contributed by atoms with Crippen molar-refractivity contribution in [1.29, 1.82) is 0 Å². The number of likely N-dealkylation sites (tertiary alicyclic amines) is 1. The van der Waals surface area contributed by atoms with Crippen LogP contribution in [0.1, 0.15) is 55.1 Å². The number of benzene rings is 1. The van der Waals surface area contributed by atoms with E-state index in [0.29, 0.717) is 47.8 Å². The number of amides is 1. The van der Waals surface area contributed by atoms with Crippen molar-refractivity contribution in [2.45, 2.75) is 45.4 Å². The summed E-state index contributed by atoms with van der Waals surface area (Å²) in [7, 11) is 3.07. The number of ether oxygens (including phenoxy) is 2. The number of hydrogen-bond acceptors (Lipinski definition) is 5. The summed E-state index contributed by atoms with van der Waals surface area (Å²) in [4.78, 5) is 30.5. The summed E-state index contributed by atoms with van der Waals surface area (Å²) in [5.41, 5.74) is 0.692. The first-order valence-corrected chi connectivity index (χ1v) is 10.5. The Bertz CT molecular complexity index is 939. The lowest BCUT2D eigenvalue weighted by atomic mass is 9.95. The molecule has 0 aliphatic carbocycles. The third-order valence-electron chi connectivity index (χ3n) is 5.58. The van der Waals surface area contributed by atoms with E-state index in [1.54, 1.807) is 23.1 Å². The van der Waals surface area contributed by atoms with Crippen molar-refractivity contribution in [2.75, 3.05) is 27.3 Å². The topological polar surface area (TPSA) is 91.9 Å². The van der Waals surface area contributed by atoms with Gasteiger partial charge in [0.1, 0.15) is 22.8 Å². The Balaban J connectivity index is 2.25. The normalized spacial score (nSPS) is 13.9. The van der Waals surface area contributed by atoms with Crippen molar-refractivity contribution >= 4 is 5.91 Å². The molecule has 2 N–H and O–H groups in total. The van der Waals surface area contributed by atoms with E-state index in [9.17, 15) is 14.7 Å². The standard InChI is InChI=1S/C23H30N2O5/c1-4-5-10-15-18(19-16(29-2)11-9-12-17(19)30-3)21(26)20(22(27)24-15)23(28)25-13-7-6-8-14-25/h9,11-12H,4-8,10,13-14H2,1-3H3,(H2,24,26,27). The van der Waals surface area contributed by atoms with Gasteiger partial charge in [0.2, 0.25) is 0 Å². The van der Waals surface area contributed by atoms with Gasteiger partial charge < -0.3 is 24.5 Å². The highest BCUT2D eigenvalue weighted by Gasteiger charge is 2.30. The second kappa shape index (κ2) is 9.69. The summed E-state index contributed by atoms with van der Waals surface area (Å²) in [6.45, 7) is 3.22. The molecule has 0 spiro atoms. The van der Waals surface area contributed by atoms with Crippen LogP contribution in [0.25, 0.3) is 11.1 Å². The number of aromatic nitrogens is 1. The Hall–Kier alpha value is -2.96. The molecule has 1 aliphatic rings. The Labute approximate surface area is 176 Å².